The molecule has 1 spiro atoms. The molecule has 3 heterocycles. The van der Waals surface area contributed by atoms with Crippen LogP contribution in [0, 0.1) is 11.8 Å². The van der Waals surface area contributed by atoms with Crippen LogP contribution in [0.5, 0.6) is 0 Å². The Labute approximate surface area is 280 Å². The molecule has 47 heavy (non-hydrogen) atoms. The van der Waals surface area contributed by atoms with Gasteiger partial charge in [0.1, 0.15) is 11.6 Å². The van der Waals surface area contributed by atoms with Crippen LogP contribution in [-0.2, 0) is 25.7 Å². The van der Waals surface area contributed by atoms with Gasteiger partial charge in [0, 0.05) is 19.6 Å². The first-order valence-corrected chi connectivity index (χ1v) is 16.4. The van der Waals surface area contributed by atoms with Gasteiger partial charge >= 0.3 is 0 Å². The number of carbonyl (C=O) groups is 3. The largest absolute Gasteiger partial charge is 0.394 e. The van der Waals surface area contributed by atoms with Crippen molar-refractivity contribution in [2.45, 2.75) is 49.6 Å². The number of hydrogen-bond acceptors (Lipinski definition) is 5. The van der Waals surface area contributed by atoms with E-state index in [-0.39, 0.29) is 24.9 Å². The third kappa shape index (κ3) is 5.48. The second-order valence-electron chi connectivity index (χ2n) is 12.8. The van der Waals surface area contributed by atoms with Crippen molar-refractivity contribution in [3.8, 4) is 0 Å². The SMILES string of the molecule is C=CCN(Cc1ccccc1)C(=O)[C@@H]1[C@H]2C(=O)N([C@H](CO)c3ccccc3)C(C(=O)N(CC=C)c3ccccc3Cl)C23CC[C@@]1(C)O3. The molecule has 1 N–H and O–H groups in total. The predicted octanol–water partition coefficient (Wildman–Crippen LogP) is 5.57. The summed E-state index contributed by atoms with van der Waals surface area (Å²) >= 11 is 6.62. The van der Waals surface area contributed by atoms with Crippen molar-refractivity contribution < 1.29 is 24.2 Å². The molecule has 6 rings (SSSR count). The number of carbonyl (C=O) groups excluding carboxylic acids is 3. The summed E-state index contributed by atoms with van der Waals surface area (Å²) in [6.45, 7) is 9.96. The van der Waals surface area contributed by atoms with E-state index in [1.54, 1.807) is 41.3 Å². The number of aliphatic hydroxyl groups excluding tert-OH is 1. The third-order valence-corrected chi connectivity index (χ3v) is 10.3. The summed E-state index contributed by atoms with van der Waals surface area (Å²) in [6.07, 6.45) is 4.17. The smallest absolute Gasteiger partial charge is 0.253 e. The van der Waals surface area contributed by atoms with Gasteiger partial charge in [-0.2, -0.15) is 0 Å². The van der Waals surface area contributed by atoms with Crippen molar-refractivity contribution in [3.63, 3.8) is 0 Å². The molecule has 2 unspecified atom stereocenters. The quantitative estimate of drug-likeness (QED) is 0.258. The van der Waals surface area contributed by atoms with Crippen LogP contribution in [0.4, 0.5) is 5.69 Å². The fourth-order valence-electron chi connectivity index (χ4n) is 8.03. The second-order valence-corrected chi connectivity index (χ2v) is 13.2. The Morgan fingerprint density at radius 3 is 2.26 bits per heavy atom. The van der Waals surface area contributed by atoms with Crippen LogP contribution < -0.4 is 4.90 Å². The lowest BCUT2D eigenvalue weighted by Gasteiger charge is -2.39. The van der Waals surface area contributed by atoms with Gasteiger partial charge in [-0.05, 0) is 43.0 Å². The Bertz CT molecular complexity index is 1670. The lowest BCUT2D eigenvalue weighted by molar-refractivity contribution is -0.152. The fourth-order valence-corrected chi connectivity index (χ4v) is 8.27. The Morgan fingerprint density at radius 1 is 0.979 bits per heavy atom. The number of para-hydroxylation sites is 1. The van der Waals surface area contributed by atoms with Gasteiger partial charge in [0.2, 0.25) is 11.8 Å². The molecule has 244 valence electrons. The van der Waals surface area contributed by atoms with Crippen LogP contribution in [0.3, 0.4) is 0 Å². The van der Waals surface area contributed by atoms with Crippen molar-refractivity contribution in [1.29, 1.82) is 0 Å². The van der Waals surface area contributed by atoms with Crippen molar-refractivity contribution >= 4 is 35.0 Å². The molecule has 0 aliphatic carbocycles. The lowest BCUT2D eigenvalue weighted by Crippen LogP contribution is -2.57. The number of aliphatic hydroxyl groups is 1. The minimum atomic E-state index is -1.31. The number of fused-ring (bicyclic) bond motifs is 1. The number of benzene rings is 3. The van der Waals surface area contributed by atoms with Crippen LogP contribution in [0.25, 0.3) is 0 Å². The van der Waals surface area contributed by atoms with Crippen molar-refractivity contribution in [2.75, 3.05) is 24.6 Å². The van der Waals surface area contributed by atoms with Gasteiger partial charge in [-0.25, -0.2) is 0 Å². The van der Waals surface area contributed by atoms with Gasteiger partial charge in [0.15, 0.2) is 0 Å². The molecule has 3 aromatic rings. The molecule has 0 saturated carbocycles. The molecule has 0 radical (unpaired) electrons. The molecule has 9 heteroatoms. The Balaban J connectivity index is 1.48. The third-order valence-electron chi connectivity index (χ3n) is 10.0. The maximum atomic E-state index is 15.0. The molecular formula is C38H40ClN3O5. The topological polar surface area (TPSA) is 90.4 Å². The molecule has 8 nitrogen and oxygen atoms in total. The number of hydrogen-bond donors (Lipinski definition) is 1. The van der Waals surface area contributed by atoms with E-state index in [1.807, 2.05) is 67.6 Å². The lowest BCUT2D eigenvalue weighted by atomic mass is 9.66. The van der Waals surface area contributed by atoms with E-state index >= 15 is 4.79 Å². The minimum Gasteiger partial charge on any atom is -0.394 e. The first-order valence-electron chi connectivity index (χ1n) is 16.0. The number of nitrogens with zero attached hydrogens (tertiary/aromatic N) is 3. The molecule has 3 aromatic carbocycles. The molecule has 2 bridgehead atoms. The molecule has 3 saturated heterocycles. The van der Waals surface area contributed by atoms with E-state index in [0.717, 1.165) is 5.56 Å². The first-order chi connectivity index (χ1) is 22.7. The van der Waals surface area contributed by atoms with Gasteiger partial charge in [0.25, 0.3) is 5.91 Å². The zero-order chi connectivity index (χ0) is 33.3. The van der Waals surface area contributed by atoms with Gasteiger partial charge < -0.3 is 24.5 Å². The van der Waals surface area contributed by atoms with Crippen LogP contribution in [-0.4, -0.2) is 69.6 Å². The number of likely N-dealkylation sites (tertiary alicyclic amines) is 1. The minimum absolute atomic E-state index is 0.126. The fraction of sp³-hybridized carbons (Fsp3) is 0.342. The number of rotatable bonds is 12. The summed E-state index contributed by atoms with van der Waals surface area (Å²) < 4.78 is 6.92. The monoisotopic (exact) mass is 653 g/mol. The van der Waals surface area contributed by atoms with Gasteiger partial charge in [-0.3, -0.25) is 14.4 Å². The molecule has 0 aromatic heterocycles. The average Bonchev–Trinajstić information content (AvgIpc) is 3.65. The van der Waals surface area contributed by atoms with E-state index in [9.17, 15) is 14.7 Å². The summed E-state index contributed by atoms with van der Waals surface area (Å²) in [5.41, 5.74) is -0.195. The zero-order valence-corrected chi connectivity index (χ0v) is 27.3. The number of anilines is 1. The average molecular weight is 654 g/mol. The van der Waals surface area contributed by atoms with Crippen LogP contribution in [0.2, 0.25) is 5.02 Å². The molecule has 6 atom stereocenters. The van der Waals surface area contributed by atoms with E-state index in [0.29, 0.717) is 35.7 Å². The highest BCUT2D eigenvalue weighted by atomic mass is 35.5. The first kappa shape index (κ1) is 32.7. The normalized spacial score (nSPS) is 26.5. The Hall–Kier alpha value is -4.24. The number of ether oxygens (including phenoxy) is 1. The molecule has 3 fully saturated rings. The molecule has 3 aliphatic rings. The van der Waals surface area contributed by atoms with Crippen molar-refractivity contribution in [3.05, 3.63) is 126 Å². The highest BCUT2D eigenvalue weighted by Crippen LogP contribution is 2.64. The molecule has 3 amide bonds. The second kappa shape index (κ2) is 13.1. The van der Waals surface area contributed by atoms with E-state index in [1.165, 1.54) is 9.80 Å². The molecule has 3 aliphatic heterocycles. The molecular weight excluding hydrogens is 614 g/mol. The van der Waals surface area contributed by atoms with E-state index in [4.69, 9.17) is 16.3 Å². The Kier molecular flexibility index (Phi) is 9.12. The van der Waals surface area contributed by atoms with Crippen molar-refractivity contribution in [2.24, 2.45) is 11.8 Å². The summed E-state index contributed by atoms with van der Waals surface area (Å²) in [7, 11) is 0. The summed E-state index contributed by atoms with van der Waals surface area (Å²) in [4.78, 5) is 49.4. The highest BCUT2D eigenvalue weighted by molar-refractivity contribution is 6.34. The van der Waals surface area contributed by atoms with Gasteiger partial charge in [0.05, 0.1) is 40.8 Å². The summed E-state index contributed by atoms with van der Waals surface area (Å²) in [5, 5.41) is 11.2. The maximum Gasteiger partial charge on any atom is 0.253 e. The van der Waals surface area contributed by atoms with E-state index in [2.05, 4.69) is 13.2 Å². The van der Waals surface area contributed by atoms with Crippen LogP contribution in [0.1, 0.15) is 36.9 Å². The standard InChI is InChI=1S/C38H40ClN3O5/c1-4-22-40(24-26-14-8-6-9-15-26)34(44)31-32-35(45)42(30(25-43)27-16-10-7-11-17-27)33(38(32)21-20-37(31,3)47-38)36(46)41(23-5-2)29-19-13-12-18-28(29)39/h4-19,30-33,43H,1-2,20-25H2,3H3/t30-,31+,32+,33?,37-,38?/m1/s1. The summed E-state index contributed by atoms with van der Waals surface area (Å²) in [5.74, 6) is -2.81. The number of amides is 3. The zero-order valence-electron chi connectivity index (χ0n) is 26.5. The number of halogens is 1. The van der Waals surface area contributed by atoms with Crippen LogP contribution >= 0.6 is 11.6 Å². The van der Waals surface area contributed by atoms with Crippen molar-refractivity contribution in [1.82, 2.24) is 9.80 Å². The van der Waals surface area contributed by atoms with E-state index < -0.39 is 47.6 Å². The highest BCUT2D eigenvalue weighted by Gasteiger charge is 2.79. The maximum absolute atomic E-state index is 15.0. The Morgan fingerprint density at radius 2 is 1.62 bits per heavy atom. The summed E-state index contributed by atoms with van der Waals surface area (Å²) in [6, 6.07) is 23.8. The predicted molar refractivity (Wildman–Crippen MR) is 181 cm³/mol. The van der Waals surface area contributed by atoms with Gasteiger partial charge in [-0.1, -0.05) is 96.5 Å². The van der Waals surface area contributed by atoms with Gasteiger partial charge in [-0.15, -0.1) is 13.2 Å². The van der Waals surface area contributed by atoms with Crippen LogP contribution in [0.15, 0.2) is 110 Å².